The van der Waals surface area contributed by atoms with Crippen LogP contribution in [0, 0.1) is 5.92 Å². The number of fused-ring (bicyclic) bond motifs is 1. The van der Waals surface area contributed by atoms with E-state index in [2.05, 4.69) is 33.1 Å². The molecule has 0 bridgehead atoms. The molecule has 1 aliphatic heterocycles. The number of epoxide rings is 1. The fourth-order valence-electron chi connectivity index (χ4n) is 3.48. The quantitative estimate of drug-likeness (QED) is 0.549. The van der Waals surface area contributed by atoms with Crippen LogP contribution >= 0.6 is 0 Å². The summed E-state index contributed by atoms with van der Waals surface area (Å²) in [6, 6.07) is 0. The van der Waals surface area contributed by atoms with Gasteiger partial charge in [-0.3, -0.25) is 0 Å². The Bertz CT molecular complexity index is 462. The van der Waals surface area contributed by atoms with Crippen molar-refractivity contribution in [3.05, 3.63) is 36.0 Å². The first kappa shape index (κ1) is 17.5. The summed E-state index contributed by atoms with van der Waals surface area (Å²) in [5.41, 5.74) is 3.59. The van der Waals surface area contributed by atoms with Crippen LogP contribution in [0.3, 0.4) is 0 Å². The normalized spacial score (nSPS) is 40.1. The molecule has 2 nitrogen and oxygen atoms in total. The van der Waals surface area contributed by atoms with E-state index in [0.717, 1.165) is 56.1 Å². The van der Waals surface area contributed by atoms with E-state index in [9.17, 15) is 5.11 Å². The summed E-state index contributed by atoms with van der Waals surface area (Å²) in [6.45, 7) is 14.6. The van der Waals surface area contributed by atoms with E-state index < -0.39 is 0 Å². The summed E-state index contributed by atoms with van der Waals surface area (Å²) in [4.78, 5) is 0. The van der Waals surface area contributed by atoms with Gasteiger partial charge in [-0.05, 0) is 77.2 Å². The fraction of sp³-hybridized carbons (Fsp3) is 0.700. The minimum absolute atomic E-state index is 0.0356. The van der Waals surface area contributed by atoms with Gasteiger partial charge in [-0.15, -0.1) is 0 Å². The van der Waals surface area contributed by atoms with Gasteiger partial charge in [-0.1, -0.05) is 30.4 Å². The van der Waals surface area contributed by atoms with Crippen molar-refractivity contribution in [3.8, 4) is 0 Å². The highest BCUT2D eigenvalue weighted by atomic mass is 16.6. The van der Waals surface area contributed by atoms with Gasteiger partial charge in [-0.2, -0.15) is 0 Å². The Balaban J connectivity index is 2.09. The second kappa shape index (κ2) is 7.14. The van der Waals surface area contributed by atoms with E-state index in [-0.39, 0.29) is 11.7 Å². The molecule has 0 amide bonds. The van der Waals surface area contributed by atoms with E-state index in [1.807, 2.05) is 6.92 Å². The third-order valence-corrected chi connectivity index (χ3v) is 5.43. The van der Waals surface area contributed by atoms with Crippen LogP contribution in [-0.4, -0.2) is 22.9 Å². The highest BCUT2D eigenvalue weighted by molar-refractivity contribution is 5.12. The van der Waals surface area contributed by atoms with Crippen LogP contribution in [0.4, 0.5) is 0 Å². The van der Waals surface area contributed by atoms with Gasteiger partial charge in [0.2, 0.25) is 0 Å². The first-order valence-electron chi connectivity index (χ1n) is 8.66. The van der Waals surface area contributed by atoms with Gasteiger partial charge in [0.15, 0.2) is 0 Å². The zero-order valence-electron chi connectivity index (χ0n) is 14.5. The Kier molecular flexibility index (Phi) is 5.68. The summed E-state index contributed by atoms with van der Waals surface area (Å²) in [7, 11) is 0. The molecular weight excluding hydrogens is 272 g/mol. The van der Waals surface area contributed by atoms with Crippen LogP contribution in [0.2, 0.25) is 0 Å². The second-order valence-corrected chi connectivity index (χ2v) is 7.54. The lowest BCUT2D eigenvalue weighted by Gasteiger charge is -2.21. The predicted octanol–water partition coefficient (Wildman–Crippen LogP) is 4.94. The van der Waals surface area contributed by atoms with Gasteiger partial charge in [0.05, 0.1) is 17.8 Å². The van der Waals surface area contributed by atoms with Crippen LogP contribution in [0.1, 0.15) is 65.7 Å². The van der Waals surface area contributed by atoms with Crippen LogP contribution < -0.4 is 0 Å². The Labute approximate surface area is 136 Å². The van der Waals surface area contributed by atoms with E-state index in [0.29, 0.717) is 12.0 Å². The van der Waals surface area contributed by atoms with Gasteiger partial charge in [-0.25, -0.2) is 0 Å². The lowest BCUT2D eigenvalue weighted by Crippen LogP contribution is -2.20. The molecule has 1 N–H and O–H groups in total. The summed E-state index contributed by atoms with van der Waals surface area (Å²) in [5.74, 6) is 0.336. The lowest BCUT2D eigenvalue weighted by molar-refractivity contribution is 0.176. The summed E-state index contributed by atoms with van der Waals surface area (Å²) >= 11 is 0. The standard InChI is InChI=1S/C20H32O2/c1-14(2)17-12-18(21)16(4)10-6-8-15(3)9-7-11-20(5)19(13-17)22-20/h10,17-19,21H,1,3,6-9,11-13H2,2,4-5H3/b16-10+/t17-,18+,19+,20+/m0/s1. The first-order valence-corrected chi connectivity index (χ1v) is 8.66. The maximum absolute atomic E-state index is 10.5. The van der Waals surface area contributed by atoms with Gasteiger partial charge in [0, 0.05) is 0 Å². The average Bonchev–Trinajstić information content (AvgIpc) is 3.07. The van der Waals surface area contributed by atoms with Gasteiger partial charge < -0.3 is 9.84 Å². The zero-order chi connectivity index (χ0) is 16.3. The van der Waals surface area contributed by atoms with Crippen LogP contribution in [0.15, 0.2) is 36.0 Å². The van der Waals surface area contributed by atoms with E-state index in [1.165, 1.54) is 5.57 Å². The highest BCUT2D eigenvalue weighted by Gasteiger charge is 2.51. The molecule has 2 rings (SSSR count). The minimum Gasteiger partial charge on any atom is -0.389 e. The zero-order valence-corrected chi connectivity index (χ0v) is 14.5. The molecule has 0 saturated carbocycles. The molecule has 0 aromatic rings. The average molecular weight is 304 g/mol. The molecule has 0 radical (unpaired) electrons. The summed E-state index contributed by atoms with van der Waals surface area (Å²) in [6.07, 6.45) is 9.23. The third-order valence-electron chi connectivity index (χ3n) is 5.43. The van der Waals surface area contributed by atoms with Crippen LogP contribution in [0.5, 0.6) is 0 Å². The molecule has 0 aromatic heterocycles. The minimum atomic E-state index is -0.372. The highest BCUT2D eigenvalue weighted by Crippen LogP contribution is 2.46. The van der Waals surface area contributed by atoms with Crippen molar-refractivity contribution in [2.24, 2.45) is 5.92 Å². The first-order chi connectivity index (χ1) is 10.3. The third kappa shape index (κ3) is 4.57. The molecule has 124 valence electrons. The summed E-state index contributed by atoms with van der Waals surface area (Å²) in [5, 5.41) is 10.5. The summed E-state index contributed by atoms with van der Waals surface area (Å²) < 4.78 is 5.99. The van der Waals surface area contributed by atoms with Crippen molar-refractivity contribution in [2.45, 2.75) is 83.5 Å². The molecule has 2 aliphatic rings. The maximum atomic E-state index is 10.5. The SMILES string of the molecule is C=C1CC/C=C(\C)[C@H](O)C[C@H](C(=C)C)C[C@H]2O[C@]2(C)CCC1. The van der Waals surface area contributed by atoms with Crippen molar-refractivity contribution in [3.63, 3.8) is 0 Å². The molecule has 1 aliphatic carbocycles. The van der Waals surface area contributed by atoms with Crippen molar-refractivity contribution in [1.29, 1.82) is 0 Å². The van der Waals surface area contributed by atoms with E-state index in [1.54, 1.807) is 0 Å². The van der Waals surface area contributed by atoms with Gasteiger partial charge in [0.1, 0.15) is 0 Å². The van der Waals surface area contributed by atoms with Crippen LogP contribution in [0.25, 0.3) is 0 Å². The van der Waals surface area contributed by atoms with Crippen LogP contribution in [-0.2, 0) is 4.74 Å². The number of rotatable bonds is 1. The Morgan fingerprint density at radius 2 is 2.09 bits per heavy atom. The van der Waals surface area contributed by atoms with E-state index in [4.69, 9.17) is 4.74 Å². The Morgan fingerprint density at radius 1 is 1.36 bits per heavy atom. The topological polar surface area (TPSA) is 32.8 Å². The number of aliphatic hydroxyl groups is 1. The molecule has 1 heterocycles. The van der Waals surface area contributed by atoms with Crippen molar-refractivity contribution < 1.29 is 9.84 Å². The largest absolute Gasteiger partial charge is 0.389 e. The smallest absolute Gasteiger partial charge is 0.0920 e. The molecule has 0 aromatic carbocycles. The second-order valence-electron chi connectivity index (χ2n) is 7.54. The molecule has 22 heavy (non-hydrogen) atoms. The number of allylic oxidation sites excluding steroid dienone is 3. The molecular formula is C20H32O2. The molecule has 0 spiro atoms. The molecule has 4 atom stereocenters. The molecule has 1 fully saturated rings. The van der Waals surface area contributed by atoms with Crippen molar-refractivity contribution >= 4 is 0 Å². The van der Waals surface area contributed by atoms with Gasteiger partial charge >= 0.3 is 0 Å². The lowest BCUT2D eigenvalue weighted by atomic mass is 9.84. The van der Waals surface area contributed by atoms with Crippen molar-refractivity contribution in [2.75, 3.05) is 0 Å². The number of ether oxygens (including phenoxy) is 1. The molecule has 2 heteroatoms. The van der Waals surface area contributed by atoms with E-state index >= 15 is 0 Å². The monoisotopic (exact) mass is 304 g/mol. The maximum Gasteiger partial charge on any atom is 0.0920 e. The fourth-order valence-corrected chi connectivity index (χ4v) is 3.48. The molecule has 0 unspecified atom stereocenters. The Morgan fingerprint density at radius 3 is 2.77 bits per heavy atom. The Hall–Kier alpha value is -0.860. The molecule has 1 saturated heterocycles. The number of aliphatic hydroxyl groups excluding tert-OH is 1. The number of hydrogen-bond acceptors (Lipinski definition) is 2. The van der Waals surface area contributed by atoms with Gasteiger partial charge in [0.25, 0.3) is 0 Å². The number of hydrogen-bond donors (Lipinski definition) is 1. The van der Waals surface area contributed by atoms with Crippen molar-refractivity contribution in [1.82, 2.24) is 0 Å². The predicted molar refractivity (Wildman–Crippen MR) is 92.8 cm³/mol.